The molecule has 5 N–H and O–H groups in total. The molecule has 0 heterocycles. The number of aliphatic hydroxyl groups is 2. The van der Waals surface area contributed by atoms with Crippen LogP contribution in [-0.2, 0) is 14.4 Å². The molecule has 2 aliphatic carbocycles. The first-order chi connectivity index (χ1) is 15.7. The van der Waals surface area contributed by atoms with E-state index in [2.05, 4.69) is 11.5 Å². The number of nitrogens with one attached hydrogen (secondary N) is 1. The molecular weight excluding hydrogens is 456 g/mol. The Balaban J connectivity index is 2.68. The maximum atomic E-state index is 13.8. The van der Waals surface area contributed by atoms with Crippen molar-refractivity contribution in [3.05, 3.63) is 57.4 Å². The van der Waals surface area contributed by atoms with Crippen LogP contribution in [0.5, 0.6) is 0 Å². The molecule has 0 bridgehead atoms. The number of hydrogen-bond acceptors (Lipinski definition) is 7. The highest BCUT2D eigenvalue weighted by molar-refractivity contribution is 6.45. The number of carbonyl (C=O) groups excluding carboxylic acids is 3. The van der Waals surface area contributed by atoms with Gasteiger partial charge in [-0.15, -0.1) is 11.6 Å². The molecule has 0 spiro atoms. The van der Waals surface area contributed by atoms with Gasteiger partial charge in [-0.25, -0.2) is 5.43 Å². The first-order valence-corrected chi connectivity index (χ1v) is 11.7. The van der Waals surface area contributed by atoms with Gasteiger partial charge in [0.25, 0.3) is 0 Å². The summed E-state index contributed by atoms with van der Waals surface area (Å²) in [5.74, 6) is 2.58. The van der Waals surface area contributed by atoms with Crippen molar-refractivity contribution in [1.29, 1.82) is 0 Å². The zero-order chi connectivity index (χ0) is 26.0. The fraction of sp³-hybridized carbons (Fsp3) is 0.500. The van der Waals surface area contributed by atoms with Gasteiger partial charge in [-0.05, 0) is 60.8 Å². The summed E-state index contributed by atoms with van der Waals surface area (Å²) in [6, 6.07) is -1.37. The summed E-state index contributed by atoms with van der Waals surface area (Å²) in [4.78, 5) is 38.1. The maximum absolute atomic E-state index is 13.8. The van der Waals surface area contributed by atoms with E-state index in [1.165, 1.54) is 12.5 Å². The monoisotopic (exact) mass is 490 g/mol. The third-order valence-corrected chi connectivity index (χ3v) is 7.08. The number of halogens is 1. The average molecular weight is 491 g/mol. The lowest BCUT2D eigenvalue weighted by Gasteiger charge is -2.46. The zero-order valence-corrected chi connectivity index (χ0v) is 21.5. The summed E-state index contributed by atoms with van der Waals surface area (Å²) in [5.41, 5.74) is 2.02. The summed E-state index contributed by atoms with van der Waals surface area (Å²) in [6.07, 6.45) is 6.58. The van der Waals surface area contributed by atoms with Crippen molar-refractivity contribution in [3.63, 3.8) is 0 Å². The summed E-state index contributed by atoms with van der Waals surface area (Å²) in [5, 5.41) is 22.5. The number of allylic oxidation sites excluding steroid dienone is 6. The summed E-state index contributed by atoms with van der Waals surface area (Å²) < 4.78 is 0. The molecule has 2 aliphatic rings. The first-order valence-electron chi connectivity index (χ1n) is 11.3. The third-order valence-electron chi connectivity index (χ3n) is 6.44. The average Bonchev–Trinajstić information content (AvgIpc) is 2.77. The fourth-order valence-corrected chi connectivity index (χ4v) is 4.55. The van der Waals surface area contributed by atoms with Crippen LogP contribution in [0.15, 0.2) is 57.4 Å². The van der Waals surface area contributed by atoms with Crippen LogP contribution < -0.4 is 11.3 Å². The second-order valence-corrected chi connectivity index (χ2v) is 10.3. The van der Waals surface area contributed by atoms with Gasteiger partial charge in [-0.1, -0.05) is 34.9 Å². The number of hydrogen-bond donors (Lipinski definition) is 4. The van der Waals surface area contributed by atoms with E-state index < -0.39 is 39.6 Å². The van der Waals surface area contributed by atoms with Crippen molar-refractivity contribution in [2.75, 3.05) is 0 Å². The molecule has 2 rings (SSSR count). The molecule has 0 saturated heterocycles. The highest BCUT2D eigenvalue weighted by Crippen LogP contribution is 2.49. The maximum Gasteiger partial charge on any atom is 0.195 e. The Morgan fingerprint density at radius 3 is 2.15 bits per heavy atom. The van der Waals surface area contributed by atoms with Crippen molar-refractivity contribution in [2.45, 2.75) is 83.7 Å². The zero-order valence-electron chi connectivity index (χ0n) is 20.7. The van der Waals surface area contributed by atoms with Crippen molar-refractivity contribution in [1.82, 2.24) is 5.43 Å². The van der Waals surface area contributed by atoms with Gasteiger partial charge in [0.2, 0.25) is 0 Å². The summed E-state index contributed by atoms with van der Waals surface area (Å²) in [6.45, 7) is 10.8. The minimum absolute atomic E-state index is 0.107. The standard InChI is InChI=1S/C26H35ClN2O5/c1-14(2)8-7-9-16(5)11-13-26(34)24(33)18-19(21(30)17(6)22(31)20(18)29-28)23(32)25(26,27)12-10-15(3)4/h8,10-11,20,29-30,34H,7,9,12-13,28H2,1-6H3. The number of rotatable bonds is 8. The van der Waals surface area contributed by atoms with E-state index in [0.717, 1.165) is 17.6 Å². The Morgan fingerprint density at radius 1 is 1.03 bits per heavy atom. The van der Waals surface area contributed by atoms with Crippen LogP contribution in [-0.4, -0.2) is 44.1 Å². The number of hydrazine groups is 1. The van der Waals surface area contributed by atoms with E-state index in [1.807, 2.05) is 34.6 Å². The number of carbonyl (C=O) groups is 3. The quantitative estimate of drug-likeness (QED) is 0.176. The highest BCUT2D eigenvalue weighted by atomic mass is 35.5. The topological polar surface area (TPSA) is 130 Å². The molecule has 0 saturated carbocycles. The molecule has 3 atom stereocenters. The van der Waals surface area contributed by atoms with Crippen LogP contribution >= 0.6 is 11.6 Å². The van der Waals surface area contributed by atoms with Crippen LogP contribution in [0.4, 0.5) is 0 Å². The molecule has 0 fully saturated rings. The molecule has 0 aromatic rings. The molecule has 3 unspecified atom stereocenters. The van der Waals surface area contributed by atoms with Crippen LogP contribution in [0, 0.1) is 0 Å². The smallest absolute Gasteiger partial charge is 0.195 e. The second-order valence-electron chi connectivity index (χ2n) is 9.61. The first kappa shape index (κ1) is 27.9. The van der Waals surface area contributed by atoms with Gasteiger partial charge in [-0.3, -0.25) is 20.2 Å². The van der Waals surface area contributed by atoms with Gasteiger partial charge in [-0.2, -0.15) is 0 Å². The Kier molecular flexibility index (Phi) is 8.64. The second kappa shape index (κ2) is 10.5. The van der Waals surface area contributed by atoms with Gasteiger partial charge in [0.15, 0.2) is 23.0 Å². The fourth-order valence-electron chi connectivity index (χ4n) is 4.22. The van der Waals surface area contributed by atoms with E-state index in [9.17, 15) is 24.6 Å². The normalized spacial score (nSPS) is 27.7. The Labute approximate surface area is 206 Å². The van der Waals surface area contributed by atoms with Gasteiger partial charge in [0, 0.05) is 17.6 Å². The molecule has 0 aliphatic heterocycles. The summed E-state index contributed by atoms with van der Waals surface area (Å²) >= 11 is 6.85. The lowest BCUT2D eigenvalue weighted by Crippen LogP contribution is -2.67. The minimum Gasteiger partial charge on any atom is -0.507 e. The van der Waals surface area contributed by atoms with Crippen LogP contribution in [0.3, 0.4) is 0 Å². The molecule has 8 heteroatoms. The van der Waals surface area contributed by atoms with Crippen LogP contribution in [0.25, 0.3) is 0 Å². The molecule has 34 heavy (non-hydrogen) atoms. The number of alkyl halides is 1. The molecule has 0 aromatic heterocycles. The molecule has 0 amide bonds. The van der Waals surface area contributed by atoms with Crippen LogP contribution in [0.1, 0.15) is 67.2 Å². The highest BCUT2D eigenvalue weighted by Gasteiger charge is 2.65. The van der Waals surface area contributed by atoms with Crippen molar-refractivity contribution >= 4 is 29.0 Å². The lowest BCUT2D eigenvalue weighted by atomic mass is 9.63. The Morgan fingerprint density at radius 2 is 1.62 bits per heavy atom. The van der Waals surface area contributed by atoms with Crippen molar-refractivity contribution in [2.24, 2.45) is 5.84 Å². The predicted octanol–water partition coefficient (Wildman–Crippen LogP) is 3.83. The molecular formula is C26H35ClN2O5. The molecule has 7 nitrogen and oxygen atoms in total. The largest absolute Gasteiger partial charge is 0.507 e. The summed E-state index contributed by atoms with van der Waals surface area (Å²) in [7, 11) is 0. The Hall–Kier alpha value is -2.32. The minimum atomic E-state index is -2.35. The lowest BCUT2D eigenvalue weighted by molar-refractivity contribution is -0.146. The van der Waals surface area contributed by atoms with E-state index in [4.69, 9.17) is 17.4 Å². The van der Waals surface area contributed by atoms with Gasteiger partial charge >= 0.3 is 0 Å². The number of ketones is 3. The molecule has 0 aromatic carbocycles. The van der Waals surface area contributed by atoms with Crippen molar-refractivity contribution in [3.8, 4) is 0 Å². The SMILES string of the molecule is CC(C)=CCCC(C)=CCC1(O)C(=O)C2=C(C(=O)C1(Cl)CC=C(C)C)C(O)=C(C)C(=O)C2NN. The molecule has 186 valence electrons. The van der Waals surface area contributed by atoms with Crippen LogP contribution in [0.2, 0.25) is 0 Å². The number of nitrogens with two attached hydrogens (primary N) is 1. The van der Waals surface area contributed by atoms with E-state index in [-0.39, 0.29) is 29.6 Å². The van der Waals surface area contributed by atoms with Gasteiger partial charge in [0.1, 0.15) is 16.7 Å². The van der Waals surface area contributed by atoms with E-state index in [1.54, 1.807) is 12.2 Å². The number of Topliss-reactive ketones (excluding diaryl/α,β-unsaturated/α-hetero) is 3. The number of aliphatic hydroxyl groups excluding tert-OH is 1. The van der Waals surface area contributed by atoms with Crippen molar-refractivity contribution < 1.29 is 24.6 Å². The Bertz CT molecular complexity index is 1060. The van der Waals surface area contributed by atoms with E-state index in [0.29, 0.717) is 6.42 Å². The third kappa shape index (κ3) is 4.89. The molecule has 0 radical (unpaired) electrons. The predicted molar refractivity (Wildman–Crippen MR) is 133 cm³/mol. The van der Waals surface area contributed by atoms with E-state index >= 15 is 0 Å². The van der Waals surface area contributed by atoms with Gasteiger partial charge in [0.05, 0.1) is 5.57 Å². The van der Waals surface area contributed by atoms with Gasteiger partial charge < -0.3 is 10.2 Å².